The third-order valence-electron chi connectivity index (χ3n) is 3.82. The van der Waals surface area contributed by atoms with Crippen molar-refractivity contribution in [2.45, 2.75) is 62.7 Å². The Hall–Kier alpha value is -2.58. The Labute approximate surface area is 191 Å². The lowest BCUT2D eigenvalue weighted by atomic mass is 9.99. The fraction of sp³-hybridized carbons (Fsp3) is 0.556. The molecule has 1 aliphatic rings. The van der Waals surface area contributed by atoms with Crippen LogP contribution < -0.4 is 5.73 Å². The van der Waals surface area contributed by atoms with Crippen molar-refractivity contribution in [1.29, 1.82) is 0 Å². The number of nitrogen functional groups attached to an aromatic ring is 1. The minimum absolute atomic E-state index is 0.254. The van der Waals surface area contributed by atoms with Gasteiger partial charge in [-0.15, -0.1) is 0 Å². The zero-order chi connectivity index (χ0) is 23.8. The van der Waals surface area contributed by atoms with Crippen LogP contribution in [0.1, 0.15) is 27.7 Å². The quantitative estimate of drug-likeness (QED) is 0.236. The standard InChI is InChI=1S/C18H23N3O9S2/c1-8(22)26-7-12-14(27-9(2)23)15(28-10(3)24)16(29-11(4)25)17(30-12)31-32-18-20-6-5-13(19)21-18/h5-6,12,14-17H,7H2,1-4H3,(H2,19,20,21)/t12-,14-,15+,16-,17+/m1/s1. The Morgan fingerprint density at radius 1 is 0.969 bits per heavy atom. The number of rotatable bonds is 8. The van der Waals surface area contributed by atoms with Crippen molar-refractivity contribution in [3.63, 3.8) is 0 Å². The first-order valence-corrected chi connectivity index (χ1v) is 11.5. The molecule has 14 heteroatoms. The number of hydrogen-bond acceptors (Lipinski definition) is 14. The molecule has 0 aromatic carbocycles. The van der Waals surface area contributed by atoms with Gasteiger partial charge in [0.25, 0.3) is 0 Å². The third kappa shape index (κ3) is 7.84. The molecule has 176 valence electrons. The number of carbonyl (C=O) groups is 4. The summed E-state index contributed by atoms with van der Waals surface area (Å²) in [7, 11) is 2.14. The van der Waals surface area contributed by atoms with Crippen molar-refractivity contribution in [3.8, 4) is 0 Å². The molecule has 0 aliphatic carbocycles. The Balaban J connectivity index is 2.36. The highest BCUT2D eigenvalue weighted by Crippen LogP contribution is 2.41. The van der Waals surface area contributed by atoms with Gasteiger partial charge in [-0.2, -0.15) is 0 Å². The van der Waals surface area contributed by atoms with Gasteiger partial charge in [-0.05, 0) is 27.7 Å². The average Bonchev–Trinajstić information content (AvgIpc) is 2.67. The molecule has 0 unspecified atom stereocenters. The highest BCUT2D eigenvalue weighted by molar-refractivity contribution is 8.76. The summed E-state index contributed by atoms with van der Waals surface area (Å²) >= 11 is 0. The van der Waals surface area contributed by atoms with Gasteiger partial charge in [0.2, 0.25) is 0 Å². The molecule has 0 amide bonds. The predicted octanol–water partition coefficient (Wildman–Crippen LogP) is 0.882. The van der Waals surface area contributed by atoms with E-state index in [1.807, 2.05) is 0 Å². The van der Waals surface area contributed by atoms with Gasteiger partial charge in [0.05, 0.1) is 0 Å². The first kappa shape index (κ1) is 25.7. The van der Waals surface area contributed by atoms with Crippen LogP contribution in [0, 0.1) is 0 Å². The van der Waals surface area contributed by atoms with Gasteiger partial charge in [-0.1, -0.05) is 0 Å². The smallest absolute Gasteiger partial charge is 0.303 e. The molecule has 32 heavy (non-hydrogen) atoms. The van der Waals surface area contributed by atoms with Gasteiger partial charge in [0.1, 0.15) is 18.5 Å². The highest BCUT2D eigenvalue weighted by atomic mass is 33.1. The second kappa shape index (κ2) is 11.9. The van der Waals surface area contributed by atoms with Crippen LogP contribution in [0.4, 0.5) is 5.82 Å². The van der Waals surface area contributed by atoms with Crippen LogP contribution in [-0.2, 0) is 42.9 Å². The van der Waals surface area contributed by atoms with E-state index in [4.69, 9.17) is 29.4 Å². The molecule has 1 saturated heterocycles. The van der Waals surface area contributed by atoms with E-state index < -0.39 is 53.7 Å². The summed E-state index contributed by atoms with van der Waals surface area (Å²) in [5.41, 5.74) is 4.72. The number of esters is 4. The van der Waals surface area contributed by atoms with Crippen LogP contribution in [0.5, 0.6) is 0 Å². The Bertz CT molecular complexity index is 857. The van der Waals surface area contributed by atoms with E-state index in [1.54, 1.807) is 0 Å². The summed E-state index contributed by atoms with van der Waals surface area (Å²) in [5, 5.41) is 0.308. The minimum Gasteiger partial charge on any atom is -0.463 e. The van der Waals surface area contributed by atoms with E-state index in [2.05, 4.69) is 9.97 Å². The van der Waals surface area contributed by atoms with Gasteiger partial charge in [0, 0.05) is 33.9 Å². The largest absolute Gasteiger partial charge is 0.463 e. The Morgan fingerprint density at radius 2 is 1.56 bits per heavy atom. The monoisotopic (exact) mass is 489 g/mol. The summed E-state index contributed by atoms with van der Waals surface area (Å²) < 4.78 is 27.0. The van der Waals surface area contributed by atoms with Crippen LogP contribution in [0.3, 0.4) is 0 Å². The molecular weight excluding hydrogens is 466 g/mol. The maximum Gasteiger partial charge on any atom is 0.303 e. The van der Waals surface area contributed by atoms with Gasteiger partial charge < -0.3 is 29.4 Å². The molecule has 0 bridgehead atoms. The molecule has 0 radical (unpaired) electrons. The fourth-order valence-electron chi connectivity index (χ4n) is 2.75. The SMILES string of the molecule is CC(=O)OC[C@H]1O[C@@H](SSc2nccc(N)n2)[C@H](OC(C)=O)[C@@H](OC(C)=O)[C@@H]1OC(C)=O. The van der Waals surface area contributed by atoms with Crippen molar-refractivity contribution in [2.75, 3.05) is 12.3 Å². The minimum atomic E-state index is -1.23. The van der Waals surface area contributed by atoms with Crippen LogP contribution >= 0.6 is 21.6 Å². The van der Waals surface area contributed by atoms with Crippen molar-refractivity contribution < 1.29 is 42.9 Å². The first-order valence-electron chi connectivity index (χ1n) is 9.29. The topological polar surface area (TPSA) is 166 Å². The molecule has 1 aromatic heterocycles. The van der Waals surface area contributed by atoms with Crippen LogP contribution in [0.25, 0.3) is 0 Å². The van der Waals surface area contributed by atoms with E-state index >= 15 is 0 Å². The van der Waals surface area contributed by atoms with Gasteiger partial charge in [0.15, 0.2) is 28.9 Å². The number of hydrogen-bond donors (Lipinski definition) is 1. The average molecular weight is 490 g/mol. The van der Waals surface area contributed by atoms with Gasteiger partial charge in [-0.25, -0.2) is 9.97 Å². The van der Waals surface area contributed by atoms with Gasteiger partial charge in [-0.3, -0.25) is 19.2 Å². The summed E-state index contributed by atoms with van der Waals surface area (Å²) in [6.07, 6.45) is -3.13. The maximum atomic E-state index is 11.8. The Kier molecular flexibility index (Phi) is 9.53. The normalized spacial score (nSPS) is 24.8. The van der Waals surface area contributed by atoms with Crippen molar-refractivity contribution in [3.05, 3.63) is 12.3 Å². The number of nitrogens with zero attached hydrogens (tertiary/aromatic N) is 2. The molecule has 1 aliphatic heterocycles. The van der Waals surface area contributed by atoms with Crippen molar-refractivity contribution in [2.24, 2.45) is 0 Å². The second-order valence-corrected chi connectivity index (χ2v) is 8.78. The van der Waals surface area contributed by atoms with E-state index in [1.165, 1.54) is 26.1 Å². The highest BCUT2D eigenvalue weighted by Gasteiger charge is 2.52. The van der Waals surface area contributed by atoms with Crippen molar-refractivity contribution >= 4 is 51.3 Å². The summed E-state index contributed by atoms with van der Waals surface area (Å²) in [6, 6.07) is 1.52. The van der Waals surface area contributed by atoms with Crippen LogP contribution in [0.2, 0.25) is 0 Å². The molecule has 2 heterocycles. The summed E-state index contributed by atoms with van der Waals surface area (Å²) in [6.45, 7) is 4.39. The lowest BCUT2D eigenvalue weighted by molar-refractivity contribution is -0.237. The van der Waals surface area contributed by atoms with Gasteiger partial charge >= 0.3 is 23.9 Å². The number of nitrogens with two attached hydrogens (primary N) is 1. The van der Waals surface area contributed by atoms with E-state index in [0.717, 1.165) is 35.4 Å². The van der Waals surface area contributed by atoms with E-state index in [0.29, 0.717) is 5.16 Å². The molecule has 1 fully saturated rings. The Morgan fingerprint density at radius 3 is 2.12 bits per heavy atom. The van der Waals surface area contributed by atoms with Crippen LogP contribution in [0.15, 0.2) is 17.4 Å². The number of aromatic nitrogens is 2. The predicted molar refractivity (Wildman–Crippen MR) is 112 cm³/mol. The molecule has 2 rings (SSSR count). The first-order chi connectivity index (χ1) is 15.1. The number of ether oxygens (including phenoxy) is 5. The summed E-state index contributed by atoms with van der Waals surface area (Å²) in [5.74, 6) is -2.41. The number of anilines is 1. The number of carbonyl (C=O) groups excluding carboxylic acids is 4. The lowest BCUT2D eigenvalue weighted by Gasteiger charge is -2.43. The second-order valence-electron chi connectivity index (χ2n) is 6.51. The lowest BCUT2D eigenvalue weighted by Crippen LogP contribution is -2.61. The van der Waals surface area contributed by atoms with E-state index in [9.17, 15) is 19.2 Å². The molecule has 1 aromatic rings. The van der Waals surface area contributed by atoms with E-state index in [-0.39, 0.29) is 12.4 Å². The molecule has 0 spiro atoms. The maximum absolute atomic E-state index is 11.8. The van der Waals surface area contributed by atoms with Crippen molar-refractivity contribution in [1.82, 2.24) is 9.97 Å². The fourth-order valence-corrected chi connectivity index (χ4v) is 4.93. The zero-order valence-electron chi connectivity index (χ0n) is 17.7. The zero-order valence-corrected chi connectivity index (χ0v) is 19.3. The molecule has 12 nitrogen and oxygen atoms in total. The summed E-state index contributed by atoms with van der Waals surface area (Å²) in [4.78, 5) is 54.8. The molecular formula is C18H23N3O9S2. The third-order valence-corrected chi connectivity index (χ3v) is 6.14. The molecule has 0 saturated carbocycles. The molecule has 5 atom stereocenters. The molecule has 2 N–H and O–H groups in total. The van der Waals surface area contributed by atoms with Crippen LogP contribution in [-0.4, -0.2) is 70.3 Å².